The number of nitrogens with two attached hydrogens (primary N) is 1. The number of hydrogen-bond donors (Lipinski definition) is 2. The van der Waals surface area contributed by atoms with Gasteiger partial charge in [-0.05, 0) is 6.07 Å². The van der Waals surface area contributed by atoms with Gasteiger partial charge < -0.3 is 5.73 Å². The number of hydrogen-bond acceptors (Lipinski definition) is 5. The molecule has 0 bridgehead atoms. The third-order valence-corrected chi connectivity index (χ3v) is 3.95. The molecule has 20 heavy (non-hydrogen) atoms. The Bertz CT molecular complexity index is 772. The van der Waals surface area contributed by atoms with Gasteiger partial charge in [0.1, 0.15) is 21.5 Å². The molecule has 0 aliphatic heterocycles. The molecule has 0 saturated heterocycles. The molecule has 3 N–H and O–H groups in total. The fourth-order valence-corrected chi connectivity index (χ4v) is 2.70. The number of anilines is 1. The molecule has 2 heterocycles. The largest absolute Gasteiger partial charge is 0.389 e. The van der Waals surface area contributed by atoms with Crippen molar-refractivity contribution in [1.29, 1.82) is 0 Å². The van der Waals surface area contributed by atoms with Crippen LogP contribution in [-0.4, -0.2) is 28.2 Å². The van der Waals surface area contributed by atoms with Gasteiger partial charge in [-0.25, -0.2) is 12.8 Å². The molecule has 10 heteroatoms. The molecule has 0 atom stereocenters. The van der Waals surface area contributed by atoms with Gasteiger partial charge in [-0.2, -0.15) is 5.10 Å². The molecule has 2 aromatic heterocycles. The normalized spacial score (nSPS) is 11.3. The molecule has 0 amide bonds. The van der Waals surface area contributed by atoms with Crippen LogP contribution in [0.1, 0.15) is 5.56 Å². The molecule has 2 aromatic rings. The van der Waals surface area contributed by atoms with Crippen molar-refractivity contribution >= 4 is 33.0 Å². The van der Waals surface area contributed by atoms with Crippen LogP contribution in [0.3, 0.4) is 0 Å². The van der Waals surface area contributed by atoms with E-state index in [0.29, 0.717) is 0 Å². The third-order valence-electron chi connectivity index (χ3n) is 2.43. The summed E-state index contributed by atoms with van der Waals surface area (Å²) in [7, 11) is -2.50. The van der Waals surface area contributed by atoms with E-state index in [-0.39, 0.29) is 21.3 Å². The molecule has 0 saturated carbocycles. The van der Waals surface area contributed by atoms with E-state index < -0.39 is 15.8 Å². The summed E-state index contributed by atoms with van der Waals surface area (Å²) < 4.78 is 40.8. The van der Waals surface area contributed by atoms with Crippen molar-refractivity contribution < 1.29 is 12.8 Å². The Morgan fingerprint density at radius 2 is 2.15 bits per heavy atom. The van der Waals surface area contributed by atoms with Crippen LogP contribution < -0.4 is 10.5 Å². The predicted octanol–water partition coefficient (Wildman–Crippen LogP) is 0.389. The minimum Gasteiger partial charge on any atom is -0.389 e. The SMILES string of the molecule is Cn1ncc(C(N)=S)c1NS(=O)(=O)c1cncc(F)c1. The Kier molecular flexibility index (Phi) is 3.68. The van der Waals surface area contributed by atoms with Gasteiger partial charge in [-0.15, -0.1) is 0 Å². The Morgan fingerprint density at radius 3 is 2.75 bits per heavy atom. The molecule has 2 rings (SSSR count). The number of aromatic nitrogens is 3. The van der Waals surface area contributed by atoms with E-state index in [1.165, 1.54) is 17.9 Å². The lowest BCUT2D eigenvalue weighted by Crippen LogP contribution is -2.19. The second-order valence-corrected chi connectivity index (χ2v) is 5.96. The molecule has 0 unspecified atom stereocenters. The number of halogens is 1. The van der Waals surface area contributed by atoms with Crippen molar-refractivity contribution in [2.45, 2.75) is 4.90 Å². The van der Waals surface area contributed by atoms with Crippen molar-refractivity contribution in [2.24, 2.45) is 12.8 Å². The van der Waals surface area contributed by atoms with Crippen molar-refractivity contribution in [2.75, 3.05) is 4.72 Å². The Morgan fingerprint density at radius 1 is 1.45 bits per heavy atom. The summed E-state index contributed by atoms with van der Waals surface area (Å²) in [6.07, 6.45) is 3.27. The highest BCUT2D eigenvalue weighted by Gasteiger charge is 2.20. The quantitative estimate of drug-likeness (QED) is 0.791. The summed E-state index contributed by atoms with van der Waals surface area (Å²) in [5.74, 6) is -0.658. The number of nitrogens with zero attached hydrogens (tertiary/aromatic N) is 3. The van der Waals surface area contributed by atoms with Crippen LogP contribution in [0.5, 0.6) is 0 Å². The van der Waals surface area contributed by atoms with Gasteiger partial charge in [0.15, 0.2) is 0 Å². The third kappa shape index (κ3) is 2.75. The van der Waals surface area contributed by atoms with Crippen LogP contribution in [-0.2, 0) is 17.1 Å². The average Bonchev–Trinajstić information content (AvgIpc) is 2.71. The van der Waals surface area contributed by atoms with Crippen molar-refractivity contribution in [3.05, 3.63) is 36.0 Å². The Labute approximate surface area is 119 Å². The fourth-order valence-electron chi connectivity index (χ4n) is 1.46. The monoisotopic (exact) mass is 315 g/mol. The number of nitrogens with one attached hydrogen (secondary N) is 1. The Hall–Kier alpha value is -2.07. The summed E-state index contributed by atoms with van der Waals surface area (Å²) in [5.41, 5.74) is 5.75. The van der Waals surface area contributed by atoms with Crippen LogP contribution in [0.25, 0.3) is 0 Å². The lowest BCUT2D eigenvalue weighted by atomic mass is 10.3. The highest BCUT2D eigenvalue weighted by atomic mass is 32.2. The van der Waals surface area contributed by atoms with Crippen LogP contribution in [0, 0.1) is 5.82 Å². The molecule has 0 fully saturated rings. The van der Waals surface area contributed by atoms with Gasteiger partial charge in [0.2, 0.25) is 0 Å². The first-order valence-corrected chi connectivity index (χ1v) is 7.15. The van der Waals surface area contributed by atoms with Gasteiger partial charge in [0.05, 0.1) is 18.0 Å². The lowest BCUT2D eigenvalue weighted by molar-refractivity contribution is 0.591. The maximum Gasteiger partial charge on any atom is 0.264 e. The van der Waals surface area contributed by atoms with Gasteiger partial charge in [-0.3, -0.25) is 14.4 Å². The van der Waals surface area contributed by atoms with Gasteiger partial charge in [0, 0.05) is 13.2 Å². The summed E-state index contributed by atoms with van der Waals surface area (Å²) in [5, 5.41) is 3.87. The molecule has 0 radical (unpaired) electrons. The van der Waals surface area contributed by atoms with Crippen molar-refractivity contribution in [3.63, 3.8) is 0 Å². The summed E-state index contributed by atoms with van der Waals surface area (Å²) in [4.78, 5) is 3.17. The molecular weight excluding hydrogens is 305 g/mol. The topological polar surface area (TPSA) is 103 Å². The van der Waals surface area contributed by atoms with E-state index in [0.717, 1.165) is 18.5 Å². The minimum absolute atomic E-state index is 0.00633. The van der Waals surface area contributed by atoms with Crippen LogP contribution >= 0.6 is 12.2 Å². The first kappa shape index (κ1) is 14.3. The van der Waals surface area contributed by atoms with Crippen LogP contribution in [0.2, 0.25) is 0 Å². The van der Waals surface area contributed by atoms with Gasteiger partial charge in [-0.1, -0.05) is 12.2 Å². The second-order valence-electron chi connectivity index (χ2n) is 3.84. The first-order valence-electron chi connectivity index (χ1n) is 5.26. The summed E-state index contributed by atoms with van der Waals surface area (Å²) in [6.45, 7) is 0. The molecular formula is C10H10FN5O2S2. The zero-order valence-corrected chi connectivity index (χ0v) is 11.9. The highest BCUT2D eigenvalue weighted by molar-refractivity contribution is 7.92. The number of rotatable bonds is 4. The number of aryl methyl sites for hydroxylation is 1. The zero-order chi connectivity index (χ0) is 14.9. The van der Waals surface area contributed by atoms with Crippen LogP contribution in [0.15, 0.2) is 29.6 Å². The standard InChI is InChI=1S/C10H10FN5O2S2/c1-16-10(8(5-14-16)9(12)19)15-20(17,18)7-2-6(11)3-13-4-7/h2-5,15H,1H3,(H2,12,19). The highest BCUT2D eigenvalue weighted by Crippen LogP contribution is 2.19. The first-order chi connectivity index (χ1) is 9.31. The summed E-state index contributed by atoms with van der Waals surface area (Å²) in [6, 6.07) is 0.853. The van der Waals surface area contributed by atoms with Gasteiger partial charge >= 0.3 is 0 Å². The lowest BCUT2D eigenvalue weighted by Gasteiger charge is -2.09. The van der Waals surface area contributed by atoms with Crippen LogP contribution in [0.4, 0.5) is 10.2 Å². The van der Waals surface area contributed by atoms with E-state index in [1.54, 1.807) is 0 Å². The minimum atomic E-state index is -4.01. The molecule has 0 aromatic carbocycles. The van der Waals surface area contributed by atoms with E-state index >= 15 is 0 Å². The van der Waals surface area contributed by atoms with Crippen molar-refractivity contribution in [3.8, 4) is 0 Å². The molecule has 7 nitrogen and oxygen atoms in total. The number of thiocarbonyl (C=S) groups is 1. The van der Waals surface area contributed by atoms with Crippen molar-refractivity contribution in [1.82, 2.24) is 14.8 Å². The number of pyridine rings is 1. The summed E-state index contributed by atoms with van der Waals surface area (Å²) >= 11 is 4.81. The Balaban J connectivity index is 2.44. The van der Waals surface area contributed by atoms with Gasteiger partial charge in [0.25, 0.3) is 10.0 Å². The second kappa shape index (κ2) is 5.13. The fraction of sp³-hybridized carbons (Fsp3) is 0.100. The predicted molar refractivity (Wildman–Crippen MR) is 74.1 cm³/mol. The maximum atomic E-state index is 13.1. The smallest absolute Gasteiger partial charge is 0.264 e. The molecule has 0 aliphatic rings. The molecule has 0 aliphatic carbocycles. The number of sulfonamides is 1. The van der Waals surface area contributed by atoms with E-state index in [9.17, 15) is 12.8 Å². The molecule has 106 valence electrons. The molecule has 0 spiro atoms. The van der Waals surface area contributed by atoms with E-state index in [4.69, 9.17) is 18.0 Å². The average molecular weight is 315 g/mol. The maximum absolute atomic E-state index is 13.1. The van der Waals surface area contributed by atoms with E-state index in [1.807, 2.05) is 0 Å². The van der Waals surface area contributed by atoms with E-state index in [2.05, 4.69) is 14.8 Å². The zero-order valence-electron chi connectivity index (χ0n) is 10.2.